The van der Waals surface area contributed by atoms with Crippen LogP contribution in [0.15, 0.2) is 89.6 Å². The lowest BCUT2D eigenvalue weighted by Gasteiger charge is -2.18. The molecule has 4 rings (SSSR count). The summed E-state index contributed by atoms with van der Waals surface area (Å²) in [4.78, 5) is 19.3. The molecule has 0 unspecified atom stereocenters. The van der Waals surface area contributed by atoms with Crippen molar-refractivity contribution in [1.82, 2.24) is 0 Å². The number of amidine groups is 1. The summed E-state index contributed by atoms with van der Waals surface area (Å²) >= 11 is 0. The second-order valence-electron chi connectivity index (χ2n) is 6.45. The molecule has 1 amide bonds. The molecule has 0 aromatic heterocycles. The van der Waals surface area contributed by atoms with Crippen LogP contribution < -0.4 is 9.64 Å². The van der Waals surface area contributed by atoms with E-state index in [0.717, 1.165) is 16.9 Å². The van der Waals surface area contributed by atoms with Crippen molar-refractivity contribution in [2.75, 3.05) is 11.5 Å². The van der Waals surface area contributed by atoms with Crippen molar-refractivity contribution in [3.63, 3.8) is 0 Å². The molecule has 4 nitrogen and oxygen atoms in total. The maximum absolute atomic E-state index is 13.4. The SMILES string of the molecule is CCOc1ccc(/C=C2/N=C(c3ccccc3)N(c3ccc(F)cc3)C2=O)cc1. The smallest absolute Gasteiger partial charge is 0.282 e. The Morgan fingerprint density at radius 1 is 0.966 bits per heavy atom. The number of aliphatic imine (C=N–C) groups is 1. The lowest BCUT2D eigenvalue weighted by Crippen LogP contribution is -2.32. The van der Waals surface area contributed by atoms with Gasteiger partial charge in [0.05, 0.1) is 12.3 Å². The van der Waals surface area contributed by atoms with Gasteiger partial charge < -0.3 is 4.74 Å². The number of rotatable bonds is 5. The number of carbonyl (C=O) groups is 1. The fourth-order valence-electron chi connectivity index (χ4n) is 3.11. The molecule has 0 fully saturated rings. The normalized spacial score (nSPS) is 15.0. The second-order valence-corrected chi connectivity index (χ2v) is 6.45. The van der Waals surface area contributed by atoms with Crippen molar-refractivity contribution in [2.24, 2.45) is 4.99 Å². The van der Waals surface area contributed by atoms with Crippen LogP contribution in [-0.2, 0) is 4.79 Å². The number of halogens is 1. The van der Waals surface area contributed by atoms with Crippen LogP contribution in [0, 0.1) is 5.82 Å². The molecule has 0 atom stereocenters. The van der Waals surface area contributed by atoms with Gasteiger partial charge in [0.2, 0.25) is 0 Å². The van der Waals surface area contributed by atoms with Crippen LogP contribution in [0.25, 0.3) is 6.08 Å². The zero-order valence-corrected chi connectivity index (χ0v) is 15.9. The minimum Gasteiger partial charge on any atom is -0.494 e. The number of amides is 1. The van der Waals surface area contributed by atoms with Crippen LogP contribution >= 0.6 is 0 Å². The zero-order chi connectivity index (χ0) is 20.2. The first-order valence-electron chi connectivity index (χ1n) is 9.34. The summed E-state index contributed by atoms with van der Waals surface area (Å²) in [5.41, 5.74) is 2.53. The van der Waals surface area contributed by atoms with E-state index in [-0.39, 0.29) is 11.7 Å². The second kappa shape index (κ2) is 8.10. The summed E-state index contributed by atoms with van der Waals surface area (Å²) in [6, 6.07) is 22.7. The fraction of sp³-hybridized carbons (Fsp3) is 0.0833. The van der Waals surface area contributed by atoms with E-state index in [1.807, 2.05) is 61.5 Å². The summed E-state index contributed by atoms with van der Waals surface area (Å²) in [6.45, 7) is 2.52. The molecule has 3 aromatic carbocycles. The molecular weight excluding hydrogens is 367 g/mol. The molecule has 0 saturated heterocycles. The Morgan fingerprint density at radius 2 is 1.66 bits per heavy atom. The van der Waals surface area contributed by atoms with Gasteiger partial charge in [-0.2, -0.15) is 0 Å². The molecule has 1 aliphatic rings. The third kappa shape index (κ3) is 3.94. The van der Waals surface area contributed by atoms with Crippen molar-refractivity contribution in [2.45, 2.75) is 6.92 Å². The number of ether oxygens (including phenoxy) is 1. The van der Waals surface area contributed by atoms with Crippen molar-refractivity contribution in [1.29, 1.82) is 0 Å². The first-order chi connectivity index (χ1) is 14.2. The number of nitrogens with zero attached hydrogens (tertiary/aromatic N) is 2. The summed E-state index contributed by atoms with van der Waals surface area (Å²) < 4.78 is 18.8. The molecule has 0 spiro atoms. The van der Waals surface area contributed by atoms with Gasteiger partial charge in [-0.1, -0.05) is 42.5 Å². The number of anilines is 1. The molecule has 0 saturated carbocycles. The Morgan fingerprint density at radius 3 is 2.31 bits per heavy atom. The Hall–Kier alpha value is -3.73. The number of hydrogen-bond acceptors (Lipinski definition) is 3. The van der Waals surface area contributed by atoms with Crippen LogP contribution in [0.3, 0.4) is 0 Å². The van der Waals surface area contributed by atoms with E-state index in [4.69, 9.17) is 4.74 Å². The highest BCUT2D eigenvalue weighted by Crippen LogP contribution is 2.28. The Kier molecular flexibility index (Phi) is 5.20. The largest absolute Gasteiger partial charge is 0.494 e. The van der Waals surface area contributed by atoms with Crippen molar-refractivity contribution >= 4 is 23.5 Å². The number of hydrogen-bond donors (Lipinski definition) is 0. The van der Waals surface area contributed by atoms with Crippen LogP contribution in [0.1, 0.15) is 18.1 Å². The maximum atomic E-state index is 13.4. The first-order valence-corrected chi connectivity index (χ1v) is 9.34. The Bertz CT molecular complexity index is 1070. The maximum Gasteiger partial charge on any atom is 0.282 e. The fourth-order valence-corrected chi connectivity index (χ4v) is 3.11. The predicted octanol–water partition coefficient (Wildman–Crippen LogP) is 5.06. The van der Waals surface area contributed by atoms with E-state index in [2.05, 4.69) is 4.99 Å². The van der Waals surface area contributed by atoms with Gasteiger partial charge in [-0.05, 0) is 55.0 Å². The van der Waals surface area contributed by atoms with E-state index in [0.29, 0.717) is 23.8 Å². The number of carbonyl (C=O) groups excluding carboxylic acids is 1. The van der Waals surface area contributed by atoms with Crippen LogP contribution in [0.2, 0.25) is 0 Å². The molecule has 0 bridgehead atoms. The molecule has 0 N–H and O–H groups in total. The summed E-state index contributed by atoms with van der Waals surface area (Å²) in [6.07, 6.45) is 1.74. The molecular formula is C24H19FN2O2. The van der Waals surface area contributed by atoms with Gasteiger partial charge in [0.15, 0.2) is 0 Å². The van der Waals surface area contributed by atoms with E-state index < -0.39 is 0 Å². The van der Waals surface area contributed by atoms with Gasteiger partial charge in [0.25, 0.3) is 5.91 Å². The standard InChI is InChI=1S/C24H19FN2O2/c1-2-29-21-14-8-17(9-15-21)16-22-24(28)27(20-12-10-19(25)11-13-20)23(26-22)18-6-4-3-5-7-18/h3-16H,2H2,1H3/b22-16+. The molecule has 0 radical (unpaired) electrons. The molecule has 1 aliphatic heterocycles. The monoisotopic (exact) mass is 386 g/mol. The van der Waals surface area contributed by atoms with Crippen molar-refractivity contribution in [3.8, 4) is 5.75 Å². The van der Waals surface area contributed by atoms with Crippen LogP contribution in [-0.4, -0.2) is 18.3 Å². The van der Waals surface area contributed by atoms with Gasteiger partial charge >= 0.3 is 0 Å². The van der Waals surface area contributed by atoms with Gasteiger partial charge in [-0.3, -0.25) is 9.69 Å². The highest BCUT2D eigenvalue weighted by atomic mass is 19.1. The third-order valence-corrected chi connectivity index (χ3v) is 4.47. The van der Waals surface area contributed by atoms with E-state index in [1.54, 1.807) is 18.2 Å². The molecule has 0 aliphatic carbocycles. The van der Waals surface area contributed by atoms with E-state index in [1.165, 1.54) is 17.0 Å². The molecule has 29 heavy (non-hydrogen) atoms. The summed E-state index contributed by atoms with van der Waals surface area (Å²) in [7, 11) is 0. The summed E-state index contributed by atoms with van der Waals surface area (Å²) in [5.74, 6) is 0.668. The first kappa shape index (κ1) is 18.6. The average Bonchev–Trinajstić information content (AvgIpc) is 3.07. The molecule has 144 valence electrons. The van der Waals surface area contributed by atoms with Gasteiger partial charge in [-0.25, -0.2) is 9.38 Å². The minimum absolute atomic E-state index is 0.260. The Balaban J connectivity index is 1.74. The van der Waals surface area contributed by atoms with Gasteiger partial charge in [-0.15, -0.1) is 0 Å². The molecule has 3 aromatic rings. The van der Waals surface area contributed by atoms with Crippen molar-refractivity contribution in [3.05, 3.63) is 102 Å². The lowest BCUT2D eigenvalue weighted by atomic mass is 10.1. The van der Waals surface area contributed by atoms with E-state index in [9.17, 15) is 9.18 Å². The third-order valence-electron chi connectivity index (χ3n) is 4.47. The van der Waals surface area contributed by atoms with Crippen molar-refractivity contribution < 1.29 is 13.9 Å². The average molecular weight is 386 g/mol. The Labute approximate surface area is 168 Å². The highest BCUT2D eigenvalue weighted by molar-refractivity contribution is 6.33. The summed E-state index contributed by atoms with van der Waals surface area (Å²) in [5, 5.41) is 0. The zero-order valence-electron chi connectivity index (χ0n) is 15.9. The highest BCUT2D eigenvalue weighted by Gasteiger charge is 2.32. The predicted molar refractivity (Wildman–Crippen MR) is 112 cm³/mol. The quantitative estimate of drug-likeness (QED) is 0.575. The van der Waals surface area contributed by atoms with Gasteiger partial charge in [0.1, 0.15) is 23.1 Å². The van der Waals surface area contributed by atoms with E-state index >= 15 is 0 Å². The minimum atomic E-state index is -0.358. The molecule has 1 heterocycles. The van der Waals surface area contributed by atoms with Crippen LogP contribution in [0.4, 0.5) is 10.1 Å². The molecule has 5 heteroatoms. The topological polar surface area (TPSA) is 41.9 Å². The van der Waals surface area contributed by atoms with Gasteiger partial charge in [0, 0.05) is 5.56 Å². The van der Waals surface area contributed by atoms with Crippen LogP contribution in [0.5, 0.6) is 5.75 Å². The number of benzene rings is 3. The lowest BCUT2D eigenvalue weighted by molar-refractivity contribution is -0.113.